The minimum absolute atomic E-state index is 0.126. The summed E-state index contributed by atoms with van der Waals surface area (Å²) in [6.07, 6.45) is -1.72. The van der Waals surface area contributed by atoms with Crippen molar-refractivity contribution in [2.24, 2.45) is 4.99 Å². The number of carbonyl (C=O) groups is 2. The van der Waals surface area contributed by atoms with Crippen molar-refractivity contribution in [1.29, 1.82) is 0 Å². The van der Waals surface area contributed by atoms with Gasteiger partial charge in [0, 0.05) is 45.3 Å². The van der Waals surface area contributed by atoms with Gasteiger partial charge in [-0.15, -0.1) is 0 Å². The van der Waals surface area contributed by atoms with Gasteiger partial charge in [-0.05, 0) is 25.1 Å². The summed E-state index contributed by atoms with van der Waals surface area (Å²) in [7, 11) is 3.85. The number of rotatable bonds is 5. The molecule has 33 heavy (non-hydrogen) atoms. The summed E-state index contributed by atoms with van der Waals surface area (Å²) >= 11 is 0. The number of aliphatic imine (C=N–C) groups is 1. The van der Waals surface area contributed by atoms with Gasteiger partial charge in [0.2, 0.25) is 6.17 Å². The molecule has 1 N–H and O–H groups in total. The van der Waals surface area contributed by atoms with Crippen LogP contribution in [0.25, 0.3) is 0 Å². The highest BCUT2D eigenvalue weighted by Gasteiger charge is 2.32. The molecule has 2 aliphatic rings. The van der Waals surface area contributed by atoms with Crippen molar-refractivity contribution in [1.82, 2.24) is 15.1 Å². The third kappa shape index (κ3) is 5.40. The van der Waals surface area contributed by atoms with Crippen LogP contribution in [0, 0.1) is 6.92 Å². The standard InChI is InChI=1S/C25H31N5O3/c1-18-8-7-11-20-21(16-30-14-12-28(2)13-15-30)26-23(24(31)29(3)22(18)20)27-25(32)33-17-19-9-5-4-6-10-19/h4-11,23H,12-17H2,1-3H3,(H,27,32). The number of amides is 2. The Bertz CT molecular complexity index is 1030. The maximum Gasteiger partial charge on any atom is 0.409 e. The normalized spacial score (nSPS) is 19.5. The molecule has 0 saturated carbocycles. The second-order valence-electron chi connectivity index (χ2n) is 8.63. The highest BCUT2D eigenvalue weighted by atomic mass is 16.5. The average molecular weight is 450 g/mol. The van der Waals surface area contributed by atoms with Crippen molar-refractivity contribution in [2.45, 2.75) is 19.7 Å². The van der Waals surface area contributed by atoms with E-state index >= 15 is 0 Å². The van der Waals surface area contributed by atoms with E-state index in [0.717, 1.165) is 54.3 Å². The maximum atomic E-state index is 13.3. The molecule has 8 heteroatoms. The zero-order chi connectivity index (χ0) is 23.4. The molecule has 4 rings (SSSR count). The molecule has 1 unspecified atom stereocenters. The summed E-state index contributed by atoms with van der Waals surface area (Å²) in [5.74, 6) is -0.296. The molecule has 2 heterocycles. The van der Waals surface area contributed by atoms with Gasteiger partial charge in [-0.1, -0.05) is 48.5 Å². The number of aryl methyl sites for hydroxylation is 1. The van der Waals surface area contributed by atoms with E-state index in [1.165, 1.54) is 0 Å². The minimum Gasteiger partial charge on any atom is -0.445 e. The Labute approximate surface area is 194 Å². The second kappa shape index (κ2) is 10.1. The molecule has 1 saturated heterocycles. The summed E-state index contributed by atoms with van der Waals surface area (Å²) in [5.41, 5.74) is 4.41. The number of fused-ring (bicyclic) bond motifs is 1. The number of carbonyl (C=O) groups excluding carboxylic acids is 2. The van der Waals surface area contributed by atoms with E-state index in [1.54, 1.807) is 11.9 Å². The average Bonchev–Trinajstić information content (AvgIpc) is 2.91. The lowest BCUT2D eigenvalue weighted by Crippen LogP contribution is -2.47. The predicted octanol–water partition coefficient (Wildman–Crippen LogP) is 2.26. The molecular weight excluding hydrogens is 418 g/mol. The van der Waals surface area contributed by atoms with Crippen molar-refractivity contribution in [3.05, 3.63) is 65.2 Å². The Morgan fingerprint density at radius 3 is 2.52 bits per heavy atom. The van der Waals surface area contributed by atoms with E-state index in [1.807, 2.05) is 55.5 Å². The monoisotopic (exact) mass is 449 g/mol. The molecule has 2 aliphatic heterocycles. The first-order valence-electron chi connectivity index (χ1n) is 11.2. The molecule has 0 spiro atoms. The summed E-state index contributed by atoms with van der Waals surface area (Å²) in [4.78, 5) is 36.8. The number of alkyl carbamates (subject to hydrolysis) is 1. The SMILES string of the molecule is Cc1cccc2c1N(C)C(=O)C(NC(=O)OCc1ccccc1)N=C2CN1CCN(C)CC1. The Hall–Kier alpha value is -3.23. The zero-order valence-corrected chi connectivity index (χ0v) is 19.5. The van der Waals surface area contributed by atoms with Crippen LogP contribution < -0.4 is 10.2 Å². The lowest BCUT2D eigenvalue weighted by Gasteiger charge is -2.32. The van der Waals surface area contributed by atoms with Gasteiger partial charge in [0.15, 0.2) is 0 Å². The van der Waals surface area contributed by atoms with Crippen LogP contribution >= 0.6 is 0 Å². The Balaban J connectivity index is 1.56. The molecule has 2 aromatic carbocycles. The number of anilines is 1. The van der Waals surface area contributed by atoms with E-state index in [4.69, 9.17) is 9.73 Å². The van der Waals surface area contributed by atoms with Crippen molar-refractivity contribution in [3.8, 4) is 0 Å². The van der Waals surface area contributed by atoms with Gasteiger partial charge in [-0.25, -0.2) is 4.79 Å². The summed E-state index contributed by atoms with van der Waals surface area (Å²) in [6, 6.07) is 15.4. The highest BCUT2D eigenvalue weighted by Crippen LogP contribution is 2.28. The van der Waals surface area contributed by atoms with Crippen LogP contribution in [0.4, 0.5) is 10.5 Å². The molecule has 0 radical (unpaired) electrons. The smallest absolute Gasteiger partial charge is 0.409 e. The first-order valence-corrected chi connectivity index (χ1v) is 11.2. The lowest BCUT2D eigenvalue weighted by atomic mass is 10.0. The molecule has 0 aliphatic carbocycles. The summed E-state index contributed by atoms with van der Waals surface area (Å²) < 4.78 is 5.35. The molecule has 8 nitrogen and oxygen atoms in total. The molecule has 1 atom stereocenters. The van der Waals surface area contributed by atoms with E-state index in [-0.39, 0.29) is 12.5 Å². The Morgan fingerprint density at radius 2 is 1.79 bits per heavy atom. The lowest BCUT2D eigenvalue weighted by molar-refractivity contribution is -0.120. The van der Waals surface area contributed by atoms with E-state index in [9.17, 15) is 9.59 Å². The summed E-state index contributed by atoms with van der Waals surface area (Å²) in [5, 5.41) is 2.67. The predicted molar refractivity (Wildman–Crippen MR) is 129 cm³/mol. The first kappa shape index (κ1) is 22.9. The van der Waals surface area contributed by atoms with Crippen molar-refractivity contribution < 1.29 is 14.3 Å². The molecule has 0 bridgehead atoms. The van der Waals surface area contributed by atoms with Crippen LogP contribution in [0.1, 0.15) is 16.7 Å². The number of ether oxygens (including phenoxy) is 1. The number of para-hydroxylation sites is 1. The maximum absolute atomic E-state index is 13.3. The fraction of sp³-hybridized carbons (Fsp3) is 0.400. The molecule has 1 fully saturated rings. The van der Waals surface area contributed by atoms with Crippen molar-refractivity contribution in [3.63, 3.8) is 0 Å². The second-order valence-corrected chi connectivity index (χ2v) is 8.63. The van der Waals surface area contributed by atoms with Gasteiger partial charge in [0.1, 0.15) is 6.61 Å². The quantitative estimate of drug-likeness (QED) is 0.758. The van der Waals surface area contributed by atoms with Gasteiger partial charge < -0.3 is 14.5 Å². The number of benzene rings is 2. The van der Waals surface area contributed by atoms with Crippen molar-refractivity contribution >= 4 is 23.4 Å². The van der Waals surface area contributed by atoms with Crippen molar-refractivity contribution in [2.75, 3.05) is 51.7 Å². The van der Waals surface area contributed by atoms with Gasteiger partial charge in [-0.2, -0.15) is 0 Å². The van der Waals surface area contributed by atoms with Crippen LogP contribution in [-0.2, 0) is 16.1 Å². The third-order valence-electron chi connectivity index (χ3n) is 6.17. The minimum atomic E-state index is -1.05. The van der Waals surface area contributed by atoms with E-state index in [0.29, 0.717) is 6.54 Å². The number of likely N-dealkylation sites (N-methyl/N-ethyl adjacent to an activating group) is 2. The fourth-order valence-electron chi connectivity index (χ4n) is 4.23. The number of hydrogen-bond acceptors (Lipinski definition) is 6. The van der Waals surface area contributed by atoms with Crippen LogP contribution in [0.2, 0.25) is 0 Å². The Morgan fingerprint density at radius 1 is 1.06 bits per heavy atom. The largest absolute Gasteiger partial charge is 0.445 e. The molecule has 174 valence electrons. The van der Waals surface area contributed by atoms with Crippen LogP contribution in [0.3, 0.4) is 0 Å². The van der Waals surface area contributed by atoms with Gasteiger partial charge in [0.05, 0.1) is 11.4 Å². The number of piperazine rings is 1. The fourth-order valence-corrected chi connectivity index (χ4v) is 4.23. The molecular formula is C25H31N5O3. The molecule has 2 amide bonds. The number of hydrogen-bond donors (Lipinski definition) is 1. The third-order valence-corrected chi connectivity index (χ3v) is 6.17. The van der Waals surface area contributed by atoms with Gasteiger partial charge in [0.25, 0.3) is 5.91 Å². The number of nitrogens with zero attached hydrogens (tertiary/aromatic N) is 4. The van der Waals surface area contributed by atoms with E-state index < -0.39 is 12.3 Å². The summed E-state index contributed by atoms with van der Waals surface area (Å²) in [6.45, 7) is 6.55. The van der Waals surface area contributed by atoms with Gasteiger partial charge >= 0.3 is 6.09 Å². The topological polar surface area (TPSA) is 77.5 Å². The molecule has 2 aromatic rings. The number of nitrogens with one attached hydrogen (secondary N) is 1. The van der Waals surface area contributed by atoms with Crippen LogP contribution in [0.5, 0.6) is 0 Å². The Kier molecular flexibility index (Phi) is 7.05. The van der Waals surface area contributed by atoms with E-state index in [2.05, 4.69) is 22.2 Å². The zero-order valence-electron chi connectivity index (χ0n) is 19.5. The van der Waals surface area contributed by atoms with Crippen LogP contribution in [-0.4, -0.2) is 80.5 Å². The first-order chi connectivity index (χ1) is 15.9. The van der Waals surface area contributed by atoms with Crippen LogP contribution in [0.15, 0.2) is 53.5 Å². The molecule has 0 aromatic heterocycles. The number of benzodiazepines with no additional fused rings is 1. The highest BCUT2D eigenvalue weighted by molar-refractivity contribution is 6.14. The van der Waals surface area contributed by atoms with Gasteiger partial charge in [-0.3, -0.25) is 20.0 Å².